The molecule has 1 aromatic carbocycles. The lowest BCUT2D eigenvalue weighted by Gasteiger charge is -2.22. The van der Waals surface area contributed by atoms with E-state index in [0.717, 1.165) is 21.9 Å². The fourth-order valence-electron chi connectivity index (χ4n) is 2.62. The highest BCUT2D eigenvalue weighted by atomic mass is 35.5. The molecule has 0 bridgehead atoms. The average molecular weight is 394 g/mol. The van der Waals surface area contributed by atoms with Crippen LogP contribution in [-0.2, 0) is 6.54 Å². The van der Waals surface area contributed by atoms with Crippen LogP contribution in [0.15, 0.2) is 30.5 Å². The van der Waals surface area contributed by atoms with Gasteiger partial charge >= 0.3 is 0 Å². The number of amides is 1. The Kier molecular flexibility index (Phi) is 6.75. The third-order valence-electron chi connectivity index (χ3n) is 4.01. The molecule has 0 N–H and O–H groups in total. The van der Waals surface area contributed by atoms with Crippen molar-refractivity contribution in [2.24, 2.45) is 0 Å². The molecule has 3 rings (SSSR count). The summed E-state index contributed by atoms with van der Waals surface area (Å²) in [6, 6.07) is 7.94. The van der Waals surface area contributed by atoms with E-state index >= 15 is 0 Å². The molecule has 0 atom stereocenters. The summed E-state index contributed by atoms with van der Waals surface area (Å²) in [4.78, 5) is 21.7. The Morgan fingerprint density at radius 2 is 2.00 bits per heavy atom. The zero-order valence-corrected chi connectivity index (χ0v) is 17.1. The molecule has 2 aromatic heterocycles. The van der Waals surface area contributed by atoms with Gasteiger partial charge in [0, 0.05) is 25.8 Å². The number of fused-ring (bicyclic) bond motifs is 1. The second kappa shape index (κ2) is 8.62. The van der Waals surface area contributed by atoms with Gasteiger partial charge in [-0.15, -0.1) is 12.4 Å². The average Bonchev–Trinajstić information content (AvgIpc) is 3.20. The number of rotatable bonds is 6. The van der Waals surface area contributed by atoms with E-state index in [1.54, 1.807) is 33.2 Å². The zero-order chi connectivity index (χ0) is 18.0. The number of benzene rings is 1. The van der Waals surface area contributed by atoms with E-state index in [4.69, 9.17) is 4.98 Å². The Hall–Kier alpha value is -1.96. The van der Waals surface area contributed by atoms with Gasteiger partial charge in [-0.3, -0.25) is 14.4 Å². The summed E-state index contributed by atoms with van der Waals surface area (Å²) in [6.45, 7) is 6.05. The van der Waals surface area contributed by atoms with Crippen LogP contribution < -0.4 is 4.90 Å². The van der Waals surface area contributed by atoms with Crippen molar-refractivity contribution in [3.05, 3.63) is 41.7 Å². The van der Waals surface area contributed by atoms with Crippen LogP contribution in [0, 0.1) is 6.92 Å². The van der Waals surface area contributed by atoms with E-state index in [1.807, 2.05) is 33.2 Å². The van der Waals surface area contributed by atoms with Crippen LogP contribution in [0.5, 0.6) is 0 Å². The highest BCUT2D eigenvalue weighted by Gasteiger charge is 2.24. The van der Waals surface area contributed by atoms with E-state index in [0.29, 0.717) is 18.8 Å². The number of carbonyl (C=O) groups is 1. The number of aromatic nitrogens is 3. The van der Waals surface area contributed by atoms with E-state index in [1.165, 1.54) is 5.56 Å². The van der Waals surface area contributed by atoms with E-state index in [2.05, 4.69) is 23.0 Å². The van der Waals surface area contributed by atoms with Gasteiger partial charge in [0.05, 0.1) is 10.2 Å². The van der Waals surface area contributed by atoms with E-state index in [9.17, 15) is 4.79 Å². The summed E-state index contributed by atoms with van der Waals surface area (Å²) in [6.07, 6.45) is 1.67. The van der Waals surface area contributed by atoms with E-state index in [-0.39, 0.29) is 18.3 Å². The Bertz CT molecular complexity index is 889. The van der Waals surface area contributed by atoms with Gasteiger partial charge in [-0.25, -0.2) is 4.98 Å². The van der Waals surface area contributed by atoms with Crippen molar-refractivity contribution in [2.75, 3.05) is 32.1 Å². The predicted molar refractivity (Wildman–Crippen MR) is 110 cm³/mol. The fourth-order valence-corrected chi connectivity index (χ4v) is 3.71. The van der Waals surface area contributed by atoms with Gasteiger partial charge in [-0.05, 0) is 51.7 Å². The van der Waals surface area contributed by atoms with Crippen LogP contribution >= 0.6 is 23.7 Å². The molecule has 1 amide bonds. The number of halogens is 1. The van der Waals surface area contributed by atoms with Gasteiger partial charge in [0.1, 0.15) is 5.69 Å². The molecule has 140 valence electrons. The first kappa shape index (κ1) is 20.4. The summed E-state index contributed by atoms with van der Waals surface area (Å²) >= 11 is 1.56. The van der Waals surface area contributed by atoms with Crippen LogP contribution in [0.4, 0.5) is 5.13 Å². The predicted octanol–water partition coefficient (Wildman–Crippen LogP) is 3.45. The van der Waals surface area contributed by atoms with Crippen molar-refractivity contribution < 1.29 is 4.79 Å². The molecule has 0 saturated carbocycles. The second-order valence-electron chi connectivity index (χ2n) is 6.26. The number of anilines is 1. The SMILES string of the molecule is CCn1nccc1C(=O)N(CCN(C)C)c1nc2ccc(C)cc2s1.Cl. The molecule has 0 aliphatic rings. The minimum Gasteiger partial charge on any atom is -0.308 e. The first-order chi connectivity index (χ1) is 12.0. The van der Waals surface area contributed by atoms with Crippen molar-refractivity contribution >= 4 is 45.0 Å². The van der Waals surface area contributed by atoms with Gasteiger partial charge in [0.15, 0.2) is 5.13 Å². The lowest BCUT2D eigenvalue weighted by Crippen LogP contribution is -2.37. The zero-order valence-electron chi connectivity index (χ0n) is 15.5. The lowest BCUT2D eigenvalue weighted by atomic mass is 10.2. The Morgan fingerprint density at radius 1 is 1.23 bits per heavy atom. The summed E-state index contributed by atoms with van der Waals surface area (Å²) < 4.78 is 2.82. The molecule has 0 saturated heterocycles. The van der Waals surface area contributed by atoms with Gasteiger partial charge < -0.3 is 4.90 Å². The van der Waals surface area contributed by atoms with Crippen molar-refractivity contribution in [2.45, 2.75) is 20.4 Å². The van der Waals surface area contributed by atoms with Crippen LogP contribution in [0.3, 0.4) is 0 Å². The summed E-state index contributed by atoms with van der Waals surface area (Å²) in [5.74, 6) is -0.0584. The minimum absolute atomic E-state index is 0. The summed E-state index contributed by atoms with van der Waals surface area (Å²) in [5.41, 5.74) is 2.71. The molecule has 8 heteroatoms. The Morgan fingerprint density at radius 3 is 2.69 bits per heavy atom. The molecule has 0 aliphatic heterocycles. The molecule has 26 heavy (non-hydrogen) atoms. The molecular weight excluding hydrogens is 370 g/mol. The molecule has 0 radical (unpaired) electrons. The molecule has 0 spiro atoms. The number of thiazole rings is 1. The standard InChI is InChI=1S/C18H23N5OS.ClH/c1-5-23-15(8-9-19-23)17(24)22(11-10-21(3)4)18-20-14-7-6-13(2)12-16(14)25-18;/h6-9,12H,5,10-11H2,1-4H3;1H. The normalized spacial score (nSPS) is 11.0. The third-order valence-corrected chi connectivity index (χ3v) is 5.06. The van der Waals surface area contributed by atoms with Crippen molar-refractivity contribution in [1.82, 2.24) is 19.7 Å². The lowest BCUT2D eigenvalue weighted by molar-refractivity contribution is 0.0975. The summed E-state index contributed by atoms with van der Waals surface area (Å²) in [5, 5.41) is 4.96. The van der Waals surface area contributed by atoms with Gasteiger partial charge in [-0.2, -0.15) is 5.10 Å². The van der Waals surface area contributed by atoms with Crippen LogP contribution in [0.25, 0.3) is 10.2 Å². The maximum atomic E-state index is 13.2. The number of aryl methyl sites for hydroxylation is 2. The first-order valence-corrected chi connectivity index (χ1v) is 9.17. The molecule has 0 aliphatic carbocycles. The number of hydrogen-bond donors (Lipinski definition) is 0. The summed E-state index contributed by atoms with van der Waals surface area (Å²) in [7, 11) is 4.00. The fraction of sp³-hybridized carbons (Fsp3) is 0.389. The molecule has 6 nitrogen and oxygen atoms in total. The maximum absolute atomic E-state index is 13.2. The Balaban J connectivity index is 0.00000243. The topological polar surface area (TPSA) is 54.3 Å². The van der Waals surface area contributed by atoms with Crippen LogP contribution in [-0.4, -0.2) is 52.8 Å². The smallest absolute Gasteiger partial charge is 0.278 e. The van der Waals surface area contributed by atoms with Gasteiger partial charge in [-0.1, -0.05) is 17.4 Å². The van der Waals surface area contributed by atoms with Gasteiger partial charge in [0.2, 0.25) is 0 Å². The molecule has 0 unspecified atom stereocenters. The molecular formula is C18H24ClN5OS. The van der Waals surface area contributed by atoms with Crippen LogP contribution in [0.1, 0.15) is 23.0 Å². The molecule has 3 aromatic rings. The minimum atomic E-state index is -0.0584. The second-order valence-corrected chi connectivity index (χ2v) is 7.27. The van der Waals surface area contributed by atoms with Crippen LogP contribution in [0.2, 0.25) is 0 Å². The quantitative estimate of drug-likeness (QED) is 0.643. The highest BCUT2D eigenvalue weighted by Crippen LogP contribution is 2.30. The van der Waals surface area contributed by atoms with Crippen molar-refractivity contribution in [3.8, 4) is 0 Å². The first-order valence-electron chi connectivity index (χ1n) is 8.35. The monoisotopic (exact) mass is 393 g/mol. The Labute approximate surface area is 163 Å². The number of carbonyl (C=O) groups excluding carboxylic acids is 1. The molecule has 2 heterocycles. The van der Waals surface area contributed by atoms with Gasteiger partial charge in [0.25, 0.3) is 5.91 Å². The number of nitrogens with zero attached hydrogens (tertiary/aromatic N) is 5. The number of likely N-dealkylation sites (N-methyl/N-ethyl adjacent to an activating group) is 1. The van der Waals surface area contributed by atoms with Crippen molar-refractivity contribution in [3.63, 3.8) is 0 Å². The maximum Gasteiger partial charge on any atom is 0.278 e. The molecule has 0 fully saturated rings. The third kappa shape index (κ3) is 4.23. The largest absolute Gasteiger partial charge is 0.308 e. The number of hydrogen-bond acceptors (Lipinski definition) is 5. The van der Waals surface area contributed by atoms with E-state index < -0.39 is 0 Å². The highest BCUT2D eigenvalue weighted by molar-refractivity contribution is 7.22. The van der Waals surface area contributed by atoms with Crippen molar-refractivity contribution in [1.29, 1.82) is 0 Å².